The van der Waals surface area contributed by atoms with Crippen LogP contribution < -0.4 is 10.1 Å². The Bertz CT molecular complexity index is 1120. The van der Waals surface area contributed by atoms with Gasteiger partial charge in [0.25, 0.3) is 11.1 Å². The van der Waals surface area contributed by atoms with Crippen molar-refractivity contribution in [3.63, 3.8) is 0 Å². The smallest absolute Gasteiger partial charge is 0.294 e. The molecule has 2 aromatic rings. The number of hydrogen-bond acceptors (Lipinski definition) is 6. The number of nitrogens with one attached hydrogen (secondary N) is 1. The molecule has 0 radical (unpaired) electrons. The predicted octanol–water partition coefficient (Wildman–Crippen LogP) is 4.33. The van der Waals surface area contributed by atoms with E-state index in [1.54, 1.807) is 25.1 Å². The molecule has 166 valence electrons. The summed E-state index contributed by atoms with van der Waals surface area (Å²) in [5.41, 5.74) is 1.34. The summed E-state index contributed by atoms with van der Waals surface area (Å²) in [5, 5.41) is 12.2. The third-order valence-corrected chi connectivity index (χ3v) is 5.33. The van der Waals surface area contributed by atoms with Gasteiger partial charge in [-0.15, -0.1) is 6.58 Å². The number of halogens is 1. The van der Waals surface area contributed by atoms with Gasteiger partial charge < -0.3 is 15.2 Å². The minimum absolute atomic E-state index is 0.00831. The molecule has 1 aliphatic heterocycles. The molecule has 0 aliphatic carbocycles. The first-order valence-electron chi connectivity index (χ1n) is 9.72. The monoisotopic (exact) mass is 456 g/mol. The summed E-state index contributed by atoms with van der Waals surface area (Å²) in [6.07, 6.45) is 3.51. The van der Waals surface area contributed by atoms with E-state index >= 15 is 0 Å². The van der Waals surface area contributed by atoms with E-state index in [9.17, 15) is 23.9 Å². The van der Waals surface area contributed by atoms with E-state index in [1.165, 1.54) is 24.3 Å². The Morgan fingerprint density at radius 2 is 2.09 bits per heavy atom. The summed E-state index contributed by atoms with van der Waals surface area (Å²) in [7, 11) is 0. The van der Waals surface area contributed by atoms with E-state index in [-0.39, 0.29) is 22.1 Å². The molecule has 7 nitrogen and oxygen atoms in total. The lowest BCUT2D eigenvalue weighted by molar-refractivity contribution is -0.127. The summed E-state index contributed by atoms with van der Waals surface area (Å²) in [6.45, 7) is 5.28. The van der Waals surface area contributed by atoms with Gasteiger partial charge in [-0.1, -0.05) is 12.1 Å². The highest BCUT2D eigenvalue weighted by Gasteiger charge is 2.36. The first kappa shape index (κ1) is 23.1. The van der Waals surface area contributed by atoms with E-state index < -0.39 is 29.4 Å². The fraction of sp³-hybridized carbons (Fsp3) is 0.174. The van der Waals surface area contributed by atoms with Crippen molar-refractivity contribution in [3.8, 4) is 11.5 Å². The molecule has 3 amide bonds. The second kappa shape index (κ2) is 10.1. The summed E-state index contributed by atoms with van der Waals surface area (Å²) in [4.78, 5) is 38.3. The van der Waals surface area contributed by atoms with Gasteiger partial charge in [-0.25, -0.2) is 4.39 Å². The lowest BCUT2D eigenvalue weighted by Gasteiger charge is -2.13. The molecule has 1 fully saturated rings. The zero-order valence-corrected chi connectivity index (χ0v) is 18.1. The second-order valence-electron chi connectivity index (χ2n) is 6.78. The number of rotatable bonds is 8. The van der Waals surface area contributed by atoms with Crippen molar-refractivity contribution in [1.82, 2.24) is 4.90 Å². The first-order chi connectivity index (χ1) is 15.3. The summed E-state index contributed by atoms with van der Waals surface area (Å²) < 4.78 is 18.7. The number of allylic oxidation sites excluding steroid dienone is 1. The molecule has 1 saturated heterocycles. The highest BCUT2D eigenvalue weighted by atomic mass is 32.2. The molecule has 0 bridgehead atoms. The van der Waals surface area contributed by atoms with Gasteiger partial charge in [0.05, 0.1) is 11.5 Å². The summed E-state index contributed by atoms with van der Waals surface area (Å²) in [6, 6.07) is 8.53. The highest BCUT2D eigenvalue weighted by Crippen LogP contribution is 2.36. The van der Waals surface area contributed by atoms with Crippen LogP contribution in [0.4, 0.5) is 14.9 Å². The number of phenolic OH excluding ortho intramolecular Hbond substituents is 1. The molecule has 9 heteroatoms. The van der Waals surface area contributed by atoms with Gasteiger partial charge in [0.15, 0.2) is 11.5 Å². The van der Waals surface area contributed by atoms with Crippen LogP contribution in [-0.4, -0.2) is 40.2 Å². The number of aromatic hydroxyl groups is 1. The predicted molar refractivity (Wildman–Crippen MR) is 121 cm³/mol. The molecule has 0 saturated carbocycles. The van der Waals surface area contributed by atoms with Crippen molar-refractivity contribution in [3.05, 3.63) is 70.9 Å². The van der Waals surface area contributed by atoms with Crippen LogP contribution in [0, 0.1) is 5.82 Å². The third-order valence-electron chi connectivity index (χ3n) is 4.42. The molecular weight excluding hydrogens is 435 g/mol. The van der Waals surface area contributed by atoms with Crippen LogP contribution in [0.3, 0.4) is 0 Å². The van der Waals surface area contributed by atoms with E-state index in [0.29, 0.717) is 35.9 Å². The number of thioether (sulfide) groups is 1. The number of carbonyl (C=O) groups excluding carboxylic acids is 3. The quantitative estimate of drug-likeness (QED) is 0.453. The number of amides is 3. The Morgan fingerprint density at radius 3 is 2.78 bits per heavy atom. The van der Waals surface area contributed by atoms with Gasteiger partial charge >= 0.3 is 0 Å². The average Bonchev–Trinajstić information content (AvgIpc) is 2.99. The Hall–Kier alpha value is -3.59. The number of carbonyl (C=O) groups is 3. The molecule has 1 aliphatic rings. The van der Waals surface area contributed by atoms with Gasteiger partial charge in [0, 0.05) is 11.3 Å². The van der Waals surface area contributed by atoms with Crippen molar-refractivity contribution in [2.45, 2.75) is 13.3 Å². The van der Waals surface area contributed by atoms with Crippen molar-refractivity contribution in [2.75, 3.05) is 18.5 Å². The van der Waals surface area contributed by atoms with E-state index in [4.69, 9.17) is 4.74 Å². The molecule has 2 aromatic carbocycles. The molecule has 1 heterocycles. The van der Waals surface area contributed by atoms with Gasteiger partial charge in [0.1, 0.15) is 12.4 Å². The maximum Gasteiger partial charge on any atom is 0.294 e. The van der Waals surface area contributed by atoms with E-state index in [0.717, 1.165) is 11.0 Å². The third kappa shape index (κ3) is 5.36. The molecule has 0 aromatic heterocycles. The molecule has 2 N–H and O–H groups in total. The maximum absolute atomic E-state index is 13.3. The SMILES string of the molecule is C=CCc1cc(/C=C2/SC(=O)N(CC(=O)Nc3cccc(F)c3)C2=O)cc(OCC)c1O. The summed E-state index contributed by atoms with van der Waals surface area (Å²) in [5.74, 6) is -1.52. The van der Waals surface area contributed by atoms with Crippen molar-refractivity contribution < 1.29 is 28.6 Å². The Balaban J connectivity index is 1.79. The number of benzene rings is 2. The summed E-state index contributed by atoms with van der Waals surface area (Å²) >= 11 is 0.705. The van der Waals surface area contributed by atoms with Crippen LogP contribution in [0.25, 0.3) is 6.08 Å². The highest BCUT2D eigenvalue weighted by molar-refractivity contribution is 8.18. The van der Waals surface area contributed by atoms with Gasteiger partial charge in [-0.3, -0.25) is 19.3 Å². The fourth-order valence-electron chi connectivity index (χ4n) is 3.05. The zero-order chi connectivity index (χ0) is 23.3. The van der Waals surface area contributed by atoms with Gasteiger partial charge in [0.2, 0.25) is 5.91 Å². The standard InChI is InChI=1S/C23H21FN2O5S/c1-3-6-15-9-14(10-18(21(15)28)31-4-2)11-19-22(29)26(23(30)32-19)13-20(27)25-17-8-5-7-16(24)12-17/h3,5,7-12,28H,1,4,6,13H2,2H3,(H,25,27)/b19-11+. The largest absolute Gasteiger partial charge is 0.504 e. The Labute approximate surface area is 188 Å². The topological polar surface area (TPSA) is 95.9 Å². The fourth-order valence-corrected chi connectivity index (χ4v) is 3.89. The van der Waals surface area contributed by atoms with Crippen molar-refractivity contribution in [2.24, 2.45) is 0 Å². The molecule has 32 heavy (non-hydrogen) atoms. The number of ether oxygens (including phenoxy) is 1. The maximum atomic E-state index is 13.3. The van der Waals surface area contributed by atoms with Crippen LogP contribution in [-0.2, 0) is 16.0 Å². The van der Waals surface area contributed by atoms with E-state index in [1.807, 2.05) is 0 Å². The minimum atomic E-state index is -0.629. The molecule has 0 spiro atoms. The Kier molecular flexibility index (Phi) is 7.32. The van der Waals surface area contributed by atoms with E-state index in [2.05, 4.69) is 11.9 Å². The molecular formula is C23H21FN2O5S. The number of phenols is 1. The number of imide groups is 1. The normalized spacial score (nSPS) is 14.7. The number of anilines is 1. The van der Waals surface area contributed by atoms with Crippen LogP contribution in [0.2, 0.25) is 0 Å². The Morgan fingerprint density at radius 1 is 1.31 bits per heavy atom. The van der Waals surface area contributed by atoms with Crippen LogP contribution in [0.5, 0.6) is 11.5 Å². The lowest BCUT2D eigenvalue weighted by Crippen LogP contribution is -2.36. The van der Waals surface area contributed by atoms with Crippen LogP contribution >= 0.6 is 11.8 Å². The first-order valence-corrected chi connectivity index (χ1v) is 10.5. The average molecular weight is 456 g/mol. The van der Waals surface area contributed by atoms with Gasteiger partial charge in [-0.2, -0.15) is 0 Å². The van der Waals surface area contributed by atoms with Crippen LogP contribution in [0.1, 0.15) is 18.1 Å². The zero-order valence-electron chi connectivity index (χ0n) is 17.3. The molecule has 0 unspecified atom stereocenters. The molecule has 3 rings (SSSR count). The number of hydrogen-bond donors (Lipinski definition) is 2. The molecule has 0 atom stereocenters. The van der Waals surface area contributed by atoms with Crippen molar-refractivity contribution >= 4 is 40.6 Å². The lowest BCUT2D eigenvalue weighted by atomic mass is 10.1. The number of nitrogens with zero attached hydrogens (tertiary/aromatic N) is 1. The van der Waals surface area contributed by atoms with Crippen molar-refractivity contribution in [1.29, 1.82) is 0 Å². The minimum Gasteiger partial charge on any atom is -0.504 e. The van der Waals surface area contributed by atoms with Gasteiger partial charge in [-0.05, 0) is 67.1 Å². The second-order valence-corrected chi connectivity index (χ2v) is 7.77. The van der Waals surface area contributed by atoms with Crippen LogP contribution in [0.15, 0.2) is 54.0 Å².